The molecule has 14 heavy (non-hydrogen) atoms. The molecule has 0 amide bonds. The quantitative estimate of drug-likeness (QED) is 0.746. The zero-order valence-electron chi connectivity index (χ0n) is 9.66. The Hall–Kier alpha value is -0.280. The van der Waals surface area contributed by atoms with Gasteiger partial charge < -0.3 is 10.5 Å². The summed E-state index contributed by atoms with van der Waals surface area (Å²) in [4.78, 5) is 11.3. The Morgan fingerprint density at radius 3 is 2.07 bits per heavy atom. The minimum absolute atomic E-state index is 0. The lowest BCUT2D eigenvalue weighted by Crippen LogP contribution is -2.38. The molecule has 2 N–H and O–H groups in total. The van der Waals surface area contributed by atoms with Gasteiger partial charge in [0, 0.05) is 0 Å². The molecule has 0 saturated carbocycles. The molecule has 0 aliphatic rings. The van der Waals surface area contributed by atoms with Crippen LogP contribution in [0.4, 0.5) is 0 Å². The van der Waals surface area contributed by atoms with E-state index < -0.39 is 11.6 Å². The van der Waals surface area contributed by atoms with Gasteiger partial charge in [0.15, 0.2) is 0 Å². The molecular weight excluding hydrogens is 202 g/mol. The highest BCUT2D eigenvalue weighted by atomic mass is 35.5. The molecule has 0 spiro atoms. The first-order chi connectivity index (χ1) is 5.72. The monoisotopic (exact) mass is 223 g/mol. The van der Waals surface area contributed by atoms with Crippen LogP contribution in [0.3, 0.4) is 0 Å². The highest BCUT2D eigenvalue weighted by Gasteiger charge is 2.22. The van der Waals surface area contributed by atoms with E-state index in [0.717, 1.165) is 0 Å². The van der Waals surface area contributed by atoms with E-state index in [9.17, 15) is 4.79 Å². The summed E-state index contributed by atoms with van der Waals surface area (Å²) in [7, 11) is 0. The third kappa shape index (κ3) is 8.32. The first-order valence-corrected chi connectivity index (χ1v) is 4.71. The molecule has 0 heterocycles. The van der Waals surface area contributed by atoms with Gasteiger partial charge in [-0.15, -0.1) is 12.4 Å². The van der Waals surface area contributed by atoms with Gasteiger partial charge in [-0.2, -0.15) is 0 Å². The molecule has 0 aromatic carbocycles. The third-order valence-corrected chi connectivity index (χ3v) is 1.43. The van der Waals surface area contributed by atoms with Crippen LogP contribution in [0.25, 0.3) is 0 Å². The van der Waals surface area contributed by atoms with Crippen molar-refractivity contribution in [3.8, 4) is 0 Å². The van der Waals surface area contributed by atoms with Gasteiger partial charge in [0.2, 0.25) is 0 Å². The molecule has 0 aliphatic heterocycles. The maximum Gasteiger partial charge on any atom is 0.323 e. The van der Waals surface area contributed by atoms with E-state index in [1.165, 1.54) is 0 Å². The normalized spacial score (nSPS) is 13.4. The Kier molecular flexibility index (Phi) is 7.21. The van der Waals surface area contributed by atoms with Crippen molar-refractivity contribution in [2.75, 3.05) is 0 Å². The SMILES string of the molecule is CC(C)C[C@H](N)C(=O)OC(C)(C)C.Cl. The van der Waals surface area contributed by atoms with Crippen LogP contribution >= 0.6 is 12.4 Å². The van der Waals surface area contributed by atoms with Crippen LogP contribution in [0.5, 0.6) is 0 Å². The first-order valence-electron chi connectivity index (χ1n) is 4.71. The van der Waals surface area contributed by atoms with Crippen molar-refractivity contribution >= 4 is 18.4 Å². The summed E-state index contributed by atoms with van der Waals surface area (Å²) in [5, 5.41) is 0. The number of carbonyl (C=O) groups excluding carboxylic acids is 1. The highest BCUT2D eigenvalue weighted by Crippen LogP contribution is 2.11. The molecule has 1 atom stereocenters. The van der Waals surface area contributed by atoms with E-state index in [1.807, 2.05) is 34.6 Å². The van der Waals surface area contributed by atoms with Gasteiger partial charge >= 0.3 is 5.97 Å². The Balaban J connectivity index is 0. The fraction of sp³-hybridized carbons (Fsp3) is 0.900. The van der Waals surface area contributed by atoms with Crippen LogP contribution in [-0.4, -0.2) is 17.6 Å². The molecule has 0 aliphatic carbocycles. The summed E-state index contributed by atoms with van der Waals surface area (Å²) in [6.45, 7) is 9.58. The van der Waals surface area contributed by atoms with Crippen molar-refractivity contribution in [1.82, 2.24) is 0 Å². The lowest BCUT2D eigenvalue weighted by molar-refractivity contribution is -0.156. The van der Waals surface area contributed by atoms with Gasteiger partial charge in [-0.1, -0.05) is 13.8 Å². The average Bonchev–Trinajstić information content (AvgIpc) is 1.81. The summed E-state index contributed by atoms with van der Waals surface area (Å²) in [6.07, 6.45) is 0.676. The second kappa shape index (κ2) is 6.25. The van der Waals surface area contributed by atoms with Crippen molar-refractivity contribution < 1.29 is 9.53 Å². The van der Waals surface area contributed by atoms with Gasteiger partial charge in [-0.05, 0) is 33.1 Å². The van der Waals surface area contributed by atoms with Crippen molar-refractivity contribution in [1.29, 1.82) is 0 Å². The Labute approximate surface area is 92.8 Å². The second-order valence-electron chi connectivity index (χ2n) is 4.77. The summed E-state index contributed by atoms with van der Waals surface area (Å²) in [5.74, 6) is 0.115. The van der Waals surface area contributed by atoms with E-state index in [0.29, 0.717) is 12.3 Å². The second-order valence-corrected chi connectivity index (χ2v) is 4.77. The zero-order valence-corrected chi connectivity index (χ0v) is 10.5. The number of halogens is 1. The predicted octanol–water partition coefficient (Wildman–Crippen LogP) is 2.12. The standard InChI is InChI=1S/C10H21NO2.ClH/c1-7(2)6-8(11)9(12)13-10(3,4)5;/h7-8H,6,11H2,1-5H3;1H/t8-;/m0./s1. The third-order valence-electron chi connectivity index (χ3n) is 1.43. The van der Waals surface area contributed by atoms with E-state index in [1.54, 1.807) is 0 Å². The number of carbonyl (C=O) groups is 1. The minimum atomic E-state index is -0.487. The van der Waals surface area contributed by atoms with E-state index in [-0.39, 0.29) is 18.4 Å². The van der Waals surface area contributed by atoms with Crippen molar-refractivity contribution in [3.63, 3.8) is 0 Å². The van der Waals surface area contributed by atoms with E-state index in [2.05, 4.69) is 0 Å². The summed E-state index contributed by atoms with van der Waals surface area (Å²) < 4.78 is 5.14. The van der Waals surface area contributed by atoms with Gasteiger partial charge in [0.25, 0.3) is 0 Å². The van der Waals surface area contributed by atoms with Gasteiger partial charge in [-0.3, -0.25) is 4.79 Å². The van der Waals surface area contributed by atoms with Crippen LogP contribution in [0, 0.1) is 5.92 Å². The molecule has 86 valence electrons. The molecule has 0 radical (unpaired) electrons. The van der Waals surface area contributed by atoms with Crippen LogP contribution < -0.4 is 5.73 Å². The Morgan fingerprint density at radius 2 is 1.79 bits per heavy atom. The molecule has 0 rings (SSSR count). The number of hydrogen-bond donors (Lipinski definition) is 1. The van der Waals surface area contributed by atoms with E-state index in [4.69, 9.17) is 10.5 Å². The molecule has 0 fully saturated rings. The number of hydrogen-bond acceptors (Lipinski definition) is 3. The molecule has 0 saturated heterocycles. The summed E-state index contributed by atoms with van der Waals surface area (Å²) in [5.41, 5.74) is 5.21. The average molecular weight is 224 g/mol. The molecule has 4 heteroatoms. The van der Waals surface area contributed by atoms with Gasteiger partial charge in [0.1, 0.15) is 11.6 Å². The topological polar surface area (TPSA) is 52.3 Å². The molecule has 0 unspecified atom stereocenters. The van der Waals surface area contributed by atoms with Crippen LogP contribution in [0.1, 0.15) is 41.0 Å². The number of ether oxygens (including phenoxy) is 1. The Morgan fingerprint density at radius 1 is 1.36 bits per heavy atom. The maximum atomic E-state index is 11.3. The van der Waals surface area contributed by atoms with Gasteiger partial charge in [-0.25, -0.2) is 0 Å². The summed E-state index contributed by atoms with van der Waals surface area (Å²) >= 11 is 0. The van der Waals surface area contributed by atoms with Gasteiger partial charge in [0.05, 0.1) is 0 Å². The van der Waals surface area contributed by atoms with Crippen LogP contribution in [0.15, 0.2) is 0 Å². The first kappa shape index (κ1) is 16.2. The number of esters is 1. The number of nitrogens with two attached hydrogens (primary N) is 1. The fourth-order valence-corrected chi connectivity index (χ4v) is 0.982. The largest absolute Gasteiger partial charge is 0.459 e. The van der Waals surface area contributed by atoms with Crippen LogP contribution in [-0.2, 0) is 9.53 Å². The lowest BCUT2D eigenvalue weighted by atomic mass is 10.0. The zero-order chi connectivity index (χ0) is 10.6. The van der Waals surface area contributed by atoms with Crippen LogP contribution in [0.2, 0.25) is 0 Å². The highest BCUT2D eigenvalue weighted by molar-refractivity contribution is 5.85. The molecule has 0 aromatic rings. The lowest BCUT2D eigenvalue weighted by Gasteiger charge is -2.22. The fourth-order valence-electron chi connectivity index (χ4n) is 0.982. The van der Waals surface area contributed by atoms with Crippen molar-refractivity contribution in [2.24, 2.45) is 11.7 Å². The van der Waals surface area contributed by atoms with Crippen molar-refractivity contribution in [3.05, 3.63) is 0 Å². The molecular formula is C10H22ClNO2. The maximum absolute atomic E-state index is 11.3. The van der Waals surface area contributed by atoms with Crippen molar-refractivity contribution in [2.45, 2.75) is 52.7 Å². The molecule has 0 aromatic heterocycles. The molecule has 0 bridgehead atoms. The number of rotatable bonds is 3. The smallest absolute Gasteiger partial charge is 0.323 e. The predicted molar refractivity (Wildman–Crippen MR) is 60.5 cm³/mol. The molecule has 3 nitrogen and oxygen atoms in total. The summed E-state index contributed by atoms with van der Waals surface area (Å²) in [6, 6.07) is -0.487. The minimum Gasteiger partial charge on any atom is -0.459 e. The Bertz CT molecular complexity index is 175. The van der Waals surface area contributed by atoms with E-state index >= 15 is 0 Å².